The Hall–Kier alpha value is -5.12. The number of aromatic nitrogens is 2. The fourth-order valence-electron chi connectivity index (χ4n) is 4.82. The maximum Gasteiger partial charge on any atom is 0.251 e. The van der Waals surface area contributed by atoms with Crippen LogP contribution in [0, 0.1) is 6.92 Å². The van der Waals surface area contributed by atoms with Crippen molar-refractivity contribution in [3.63, 3.8) is 0 Å². The smallest absolute Gasteiger partial charge is 0.251 e. The number of carbonyl (C=O) groups is 3. The van der Waals surface area contributed by atoms with Crippen LogP contribution in [-0.2, 0) is 16.2 Å². The summed E-state index contributed by atoms with van der Waals surface area (Å²) in [6.45, 7) is 1.71. The van der Waals surface area contributed by atoms with Gasteiger partial charge in [0.25, 0.3) is 5.91 Å². The second-order valence-corrected chi connectivity index (χ2v) is 11.2. The summed E-state index contributed by atoms with van der Waals surface area (Å²) >= 11 is 13.3. The van der Waals surface area contributed by atoms with Gasteiger partial charge < -0.3 is 24.8 Å². The van der Waals surface area contributed by atoms with Crippen LogP contribution in [0.5, 0.6) is 5.75 Å². The van der Waals surface area contributed by atoms with Gasteiger partial charge in [-0.3, -0.25) is 14.4 Å². The van der Waals surface area contributed by atoms with Crippen LogP contribution in [0.1, 0.15) is 27.2 Å². The van der Waals surface area contributed by atoms with Crippen molar-refractivity contribution in [3.05, 3.63) is 124 Å². The van der Waals surface area contributed by atoms with Crippen LogP contribution in [0.25, 0.3) is 22.7 Å². The predicted molar refractivity (Wildman–Crippen MR) is 182 cm³/mol. The van der Waals surface area contributed by atoms with E-state index >= 15 is 0 Å². The Labute approximate surface area is 276 Å². The summed E-state index contributed by atoms with van der Waals surface area (Å²) in [5, 5.41) is 6.70. The molecule has 0 aliphatic rings. The van der Waals surface area contributed by atoms with E-state index in [1.807, 2.05) is 60.3 Å². The molecule has 46 heavy (non-hydrogen) atoms. The Morgan fingerprint density at radius 2 is 1.74 bits per heavy atom. The molecule has 5 rings (SSSR count). The molecule has 2 heterocycles. The summed E-state index contributed by atoms with van der Waals surface area (Å²) in [7, 11) is 3.12. The lowest BCUT2D eigenvalue weighted by atomic mass is 10.1. The average Bonchev–Trinajstić information content (AvgIpc) is 3.60. The van der Waals surface area contributed by atoms with Gasteiger partial charge in [-0.25, -0.2) is 4.98 Å². The van der Waals surface area contributed by atoms with Gasteiger partial charge in [-0.15, -0.1) is 0 Å². The molecule has 11 heteroatoms. The first-order valence-electron chi connectivity index (χ1n) is 14.3. The van der Waals surface area contributed by atoms with E-state index in [2.05, 4.69) is 10.6 Å². The molecule has 0 saturated carbocycles. The highest BCUT2D eigenvalue weighted by atomic mass is 35.5. The number of fused-ring (bicyclic) bond motifs is 1. The topological polar surface area (TPSA) is 106 Å². The first-order chi connectivity index (χ1) is 22.2. The quantitative estimate of drug-likeness (QED) is 0.170. The molecule has 2 aromatic heterocycles. The van der Waals surface area contributed by atoms with Gasteiger partial charge in [0.2, 0.25) is 11.8 Å². The van der Waals surface area contributed by atoms with E-state index in [0.717, 1.165) is 22.3 Å². The van der Waals surface area contributed by atoms with Crippen LogP contribution in [0.2, 0.25) is 10.0 Å². The fraction of sp³-hybridized carbons (Fsp3) is 0.143. The summed E-state index contributed by atoms with van der Waals surface area (Å²) in [6.07, 6.45) is 6.86. The molecule has 0 aliphatic heterocycles. The number of pyridine rings is 1. The van der Waals surface area contributed by atoms with E-state index in [9.17, 15) is 14.4 Å². The van der Waals surface area contributed by atoms with Crippen molar-refractivity contribution in [1.29, 1.82) is 0 Å². The molecule has 5 aromatic rings. The molecule has 0 bridgehead atoms. The Balaban J connectivity index is 1.25. The van der Waals surface area contributed by atoms with Crippen molar-refractivity contribution in [2.75, 3.05) is 25.5 Å². The zero-order valence-electron chi connectivity index (χ0n) is 25.4. The lowest BCUT2D eigenvalue weighted by Crippen LogP contribution is -2.37. The fourth-order valence-corrected chi connectivity index (χ4v) is 5.42. The molecular formula is C35H31Cl2N5O4. The summed E-state index contributed by atoms with van der Waals surface area (Å²) in [5.74, 6) is -0.475. The van der Waals surface area contributed by atoms with Crippen molar-refractivity contribution in [1.82, 2.24) is 20.2 Å². The highest BCUT2D eigenvalue weighted by molar-refractivity contribution is 6.38. The zero-order valence-corrected chi connectivity index (χ0v) is 26.9. The minimum Gasteiger partial charge on any atom is -0.487 e. The van der Waals surface area contributed by atoms with Crippen LogP contribution in [0.3, 0.4) is 0 Å². The van der Waals surface area contributed by atoms with Crippen LogP contribution in [0.15, 0.2) is 91.3 Å². The normalized spacial score (nSPS) is 11.1. The molecular weight excluding hydrogens is 625 g/mol. The summed E-state index contributed by atoms with van der Waals surface area (Å²) < 4.78 is 8.25. The number of hydrogen-bond acceptors (Lipinski definition) is 5. The molecule has 0 saturated heterocycles. The van der Waals surface area contributed by atoms with E-state index in [0.29, 0.717) is 33.1 Å². The average molecular weight is 657 g/mol. The first-order valence-corrected chi connectivity index (χ1v) is 15.1. The van der Waals surface area contributed by atoms with Crippen molar-refractivity contribution >= 4 is 63.6 Å². The van der Waals surface area contributed by atoms with Gasteiger partial charge in [-0.05, 0) is 67.1 Å². The van der Waals surface area contributed by atoms with Gasteiger partial charge in [-0.2, -0.15) is 0 Å². The second kappa shape index (κ2) is 14.3. The van der Waals surface area contributed by atoms with Gasteiger partial charge in [0.15, 0.2) is 0 Å². The minimum absolute atomic E-state index is 0.0345. The van der Waals surface area contributed by atoms with Crippen LogP contribution in [0.4, 0.5) is 5.69 Å². The molecule has 0 fully saturated rings. The number of benzene rings is 3. The maximum atomic E-state index is 13.0. The van der Waals surface area contributed by atoms with Crippen LogP contribution in [-0.4, -0.2) is 47.9 Å². The number of anilines is 1. The zero-order chi connectivity index (χ0) is 32.8. The minimum atomic E-state index is -0.452. The number of halogens is 2. The third kappa shape index (κ3) is 7.22. The Bertz CT molecular complexity index is 1940. The largest absolute Gasteiger partial charge is 0.487 e. The first kappa shape index (κ1) is 32.3. The third-order valence-electron chi connectivity index (χ3n) is 7.31. The van der Waals surface area contributed by atoms with Gasteiger partial charge in [0.1, 0.15) is 17.9 Å². The lowest BCUT2D eigenvalue weighted by molar-refractivity contribution is -0.122. The molecule has 0 spiro atoms. The van der Waals surface area contributed by atoms with Crippen molar-refractivity contribution in [2.24, 2.45) is 0 Å². The van der Waals surface area contributed by atoms with Crippen LogP contribution >= 0.6 is 23.2 Å². The third-order valence-corrected chi connectivity index (χ3v) is 8.08. The van der Waals surface area contributed by atoms with Crippen molar-refractivity contribution < 1.29 is 19.1 Å². The number of ether oxygens (including phenoxy) is 1. The summed E-state index contributed by atoms with van der Waals surface area (Å²) in [6, 6.07) is 21.7. The van der Waals surface area contributed by atoms with E-state index in [4.69, 9.17) is 32.9 Å². The second-order valence-electron chi connectivity index (χ2n) is 10.4. The number of rotatable bonds is 10. The molecule has 3 amide bonds. The monoisotopic (exact) mass is 655 g/mol. The summed E-state index contributed by atoms with van der Waals surface area (Å²) in [5.41, 5.74) is 4.68. The van der Waals surface area contributed by atoms with Gasteiger partial charge >= 0.3 is 0 Å². The van der Waals surface area contributed by atoms with Crippen LogP contribution < -0.4 is 20.3 Å². The van der Waals surface area contributed by atoms with Gasteiger partial charge in [0.05, 0.1) is 22.9 Å². The molecule has 0 unspecified atom stereocenters. The molecule has 0 aliphatic carbocycles. The van der Waals surface area contributed by atoms with E-state index in [-0.39, 0.29) is 30.0 Å². The Kier molecular flexibility index (Phi) is 10.0. The number of aryl methyl sites for hydroxylation is 1. The van der Waals surface area contributed by atoms with Crippen molar-refractivity contribution in [3.8, 4) is 11.4 Å². The van der Waals surface area contributed by atoms with E-state index < -0.39 is 5.91 Å². The number of nitrogens with zero attached hydrogens (tertiary/aromatic N) is 3. The maximum absolute atomic E-state index is 13.0. The standard InChI is InChI=1S/C35H31Cl2N5O4/c1-22-19-29(42-17-4-5-18-42)25-7-6-8-30(34(25)40-22)46-21-26-27(36)14-15-28(33(26)37)41(3)32(44)20-39-31(43)16-11-23-9-12-24(13-10-23)35(45)38-2/h4-19H,20-21H2,1-3H3,(H,38,45)(H,39,43)/b16-11+. The molecule has 0 atom stereocenters. The number of amides is 3. The van der Waals surface area contributed by atoms with Gasteiger partial charge in [-0.1, -0.05) is 47.5 Å². The van der Waals surface area contributed by atoms with Gasteiger partial charge in [0, 0.05) is 59.8 Å². The number of carbonyl (C=O) groups excluding carboxylic acids is 3. The number of hydrogen-bond donors (Lipinski definition) is 2. The summed E-state index contributed by atoms with van der Waals surface area (Å²) in [4.78, 5) is 43.2. The lowest BCUT2D eigenvalue weighted by Gasteiger charge is -2.21. The van der Waals surface area contributed by atoms with E-state index in [1.54, 1.807) is 56.6 Å². The SMILES string of the molecule is CNC(=O)c1ccc(/C=C/C(=O)NCC(=O)N(C)c2ccc(Cl)c(COc3cccc4c(-n5cccc5)cc(C)nc34)c2Cl)cc1. The number of nitrogens with one attached hydrogen (secondary N) is 2. The predicted octanol–water partition coefficient (Wildman–Crippen LogP) is 6.37. The molecule has 234 valence electrons. The number of para-hydroxylation sites is 1. The van der Waals surface area contributed by atoms with Crippen molar-refractivity contribution in [2.45, 2.75) is 13.5 Å². The van der Waals surface area contributed by atoms with E-state index in [1.165, 1.54) is 11.0 Å². The Morgan fingerprint density at radius 1 is 1.00 bits per heavy atom. The molecule has 0 radical (unpaired) electrons. The number of likely N-dealkylation sites (N-methyl/N-ethyl adjacent to an activating group) is 1. The highest BCUT2D eigenvalue weighted by Crippen LogP contribution is 2.36. The highest BCUT2D eigenvalue weighted by Gasteiger charge is 2.20. The molecule has 3 aromatic carbocycles. The molecule has 9 nitrogen and oxygen atoms in total. The Morgan fingerprint density at radius 3 is 2.46 bits per heavy atom. The molecule has 2 N–H and O–H groups in total.